The molecule has 3 rings (SSSR count). The molecule has 2 saturated carbocycles. The second kappa shape index (κ2) is 4.83. The standard InChI is InChI=1S/C15H18FNO2/c1-19-15(18)11-6-7-12(16)13(8-11)17-14(9-2-3-9)10-4-5-10/h6-10,14,17H,2-5H2,1H3. The normalized spacial score (nSPS) is 18.5. The summed E-state index contributed by atoms with van der Waals surface area (Å²) in [5.41, 5.74) is 0.809. The first-order chi connectivity index (χ1) is 9.19. The lowest BCUT2D eigenvalue weighted by Gasteiger charge is -2.19. The van der Waals surface area contributed by atoms with E-state index in [0.717, 1.165) is 0 Å². The van der Waals surface area contributed by atoms with Gasteiger partial charge in [-0.05, 0) is 55.7 Å². The number of hydrogen-bond donors (Lipinski definition) is 1. The zero-order valence-corrected chi connectivity index (χ0v) is 11.0. The molecule has 0 heterocycles. The van der Waals surface area contributed by atoms with Gasteiger partial charge in [0.1, 0.15) is 5.82 Å². The summed E-state index contributed by atoms with van der Waals surface area (Å²) in [5.74, 6) is 0.610. The molecular formula is C15H18FNO2. The Kier molecular flexibility index (Phi) is 3.17. The predicted octanol–water partition coefficient (Wildman–Crippen LogP) is 3.21. The van der Waals surface area contributed by atoms with Gasteiger partial charge in [0.15, 0.2) is 0 Å². The second-order valence-corrected chi connectivity index (χ2v) is 5.53. The van der Waals surface area contributed by atoms with Gasteiger partial charge in [-0.25, -0.2) is 9.18 Å². The molecule has 0 aromatic heterocycles. The maximum atomic E-state index is 13.9. The lowest BCUT2D eigenvalue weighted by atomic mass is 10.1. The topological polar surface area (TPSA) is 38.3 Å². The predicted molar refractivity (Wildman–Crippen MR) is 70.6 cm³/mol. The Morgan fingerprint density at radius 3 is 2.47 bits per heavy atom. The lowest BCUT2D eigenvalue weighted by molar-refractivity contribution is 0.0600. The third-order valence-corrected chi connectivity index (χ3v) is 3.97. The summed E-state index contributed by atoms with van der Waals surface area (Å²) in [6.07, 6.45) is 4.91. The SMILES string of the molecule is COC(=O)c1ccc(F)c(NC(C2CC2)C2CC2)c1. The van der Waals surface area contributed by atoms with E-state index >= 15 is 0 Å². The van der Waals surface area contributed by atoms with Gasteiger partial charge in [-0.2, -0.15) is 0 Å². The molecule has 1 aromatic rings. The van der Waals surface area contributed by atoms with Crippen LogP contribution in [0.2, 0.25) is 0 Å². The third-order valence-electron chi connectivity index (χ3n) is 3.97. The molecule has 19 heavy (non-hydrogen) atoms. The molecule has 1 N–H and O–H groups in total. The Morgan fingerprint density at radius 1 is 1.32 bits per heavy atom. The van der Waals surface area contributed by atoms with Gasteiger partial charge in [0, 0.05) is 6.04 Å². The Labute approximate surface area is 112 Å². The largest absolute Gasteiger partial charge is 0.465 e. The Morgan fingerprint density at radius 2 is 1.95 bits per heavy atom. The number of nitrogens with one attached hydrogen (secondary N) is 1. The smallest absolute Gasteiger partial charge is 0.337 e. The van der Waals surface area contributed by atoms with E-state index in [4.69, 9.17) is 0 Å². The average Bonchev–Trinajstić information content (AvgIpc) is 3.29. The van der Waals surface area contributed by atoms with Crippen LogP contribution in [0.1, 0.15) is 36.0 Å². The molecule has 0 radical (unpaired) electrons. The molecule has 0 bridgehead atoms. The van der Waals surface area contributed by atoms with Gasteiger partial charge < -0.3 is 10.1 Å². The number of ether oxygens (including phenoxy) is 1. The molecular weight excluding hydrogens is 245 g/mol. The Bertz CT molecular complexity index is 483. The van der Waals surface area contributed by atoms with Crippen LogP contribution < -0.4 is 5.32 Å². The van der Waals surface area contributed by atoms with Crippen molar-refractivity contribution in [3.8, 4) is 0 Å². The molecule has 0 atom stereocenters. The summed E-state index contributed by atoms with van der Waals surface area (Å²) in [7, 11) is 1.33. The van der Waals surface area contributed by atoms with E-state index < -0.39 is 5.97 Å². The fourth-order valence-corrected chi connectivity index (χ4v) is 2.59. The maximum Gasteiger partial charge on any atom is 0.337 e. The summed E-state index contributed by atoms with van der Waals surface area (Å²) in [4.78, 5) is 11.5. The van der Waals surface area contributed by atoms with Crippen molar-refractivity contribution in [3.05, 3.63) is 29.6 Å². The fraction of sp³-hybridized carbons (Fsp3) is 0.533. The number of anilines is 1. The van der Waals surface area contributed by atoms with Crippen molar-refractivity contribution in [2.45, 2.75) is 31.7 Å². The molecule has 3 nitrogen and oxygen atoms in total. The Balaban J connectivity index is 1.80. The molecule has 0 spiro atoms. The Hall–Kier alpha value is -1.58. The first-order valence-corrected chi connectivity index (χ1v) is 6.83. The van der Waals surface area contributed by atoms with E-state index in [9.17, 15) is 9.18 Å². The molecule has 102 valence electrons. The zero-order chi connectivity index (χ0) is 13.4. The lowest BCUT2D eigenvalue weighted by Crippen LogP contribution is -2.25. The summed E-state index contributed by atoms with van der Waals surface area (Å²) < 4.78 is 18.5. The number of halogens is 1. The highest BCUT2D eigenvalue weighted by Gasteiger charge is 2.41. The molecule has 0 amide bonds. The van der Waals surface area contributed by atoms with E-state index in [2.05, 4.69) is 10.1 Å². The van der Waals surface area contributed by atoms with Gasteiger partial charge in [-0.3, -0.25) is 0 Å². The number of benzene rings is 1. The van der Waals surface area contributed by atoms with Crippen molar-refractivity contribution < 1.29 is 13.9 Å². The molecule has 2 aliphatic rings. The molecule has 1 aromatic carbocycles. The van der Waals surface area contributed by atoms with Crippen LogP contribution in [0.25, 0.3) is 0 Å². The van der Waals surface area contributed by atoms with Crippen molar-refractivity contribution in [3.63, 3.8) is 0 Å². The fourth-order valence-electron chi connectivity index (χ4n) is 2.59. The number of hydrogen-bond acceptors (Lipinski definition) is 3. The molecule has 2 fully saturated rings. The van der Waals surface area contributed by atoms with Crippen molar-refractivity contribution >= 4 is 11.7 Å². The number of methoxy groups -OCH3 is 1. The number of rotatable bonds is 5. The molecule has 0 saturated heterocycles. The highest BCUT2D eigenvalue weighted by atomic mass is 19.1. The zero-order valence-electron chi connectivity index (χ0n) is 11.0. The summed E-state index contributed by atoms with van der Waals surface area (Å²) >= 11 is 0. The van der Waals surface area contributed by atoms with Gasteiger partial charge in [0.05, 0.1) is 18.4 Å². The summed E-state index contributed by atoms with van der Waals surface area (Å²) in [6.45, 7) is 0. The summed E-state index contributed by atoms with van der Waals surface area (Å²) in [5, 5.41) is 3.31. The van der Waals surface area contributed by atoms with Crippen LogP contribution in [0.4, 0.5) is 10.1 Å². The van der Waals surface area contributed by atoms with Crippen LogP contribution in [0.3, 0.4) is 0 Å². The highest BCUT2D eigenvalue weighted by molar-refractivity contribution is 5.90. The van der Waals surface area contributed by atoms with Gasteiger partial charge in [0.25, 0.3) is 0 Å². The van der Waals surface area contributed by atoms with Gasteiger partial charge in [-0.15, -0.1) is 0 Å². The van der Waals surface area contributed by atoms with E-state index in [1.54, 1.807) is 6.07 Å². The van der Waals surface area contributed by atoms with Crippen LogP contribution >= 0.6 is 0 Å². The van der Waals surface area contributed by atoms with Gasteiger partial charge in [-0.1, -0.05) is 0 Å². The third kappa shape index (κ3) is 2.72. The maximum absolute atomic E-state index is 13.9. The van der Waals surface area contributed by atoms with Gasteiger partial charge >= 0.3 is 5.97 Å². The first kappa shape index (κ1) is 12.5. The van der Waals surface area contributed by atoms with E-state index in [0.29, 0.717) is 29.1 Å². The minimum absolute atomic E-state index is 0.307. The monoisotopic (exact) mass is 263 g/mol. The minimum Gasteiger partial charge on any atom is -0.465 e. The molecule has 2 aliphatic carbocycles. The number of esters is 1. The molecule has 0 unspecified atom stereocenters. The van der Waals surface area contributed by atoms with E-state index in [1.807, 2.05) is 0 Å². The first-order valence-electron chi connectivity index (χ1n) is 6.83. The second-order valence-electron chi connectivity index (χ2n) is 5.53. The average molecular weight is 263 g/mol. The van der Waals surface area contributed by atoms with Crippen LogP contribution in [-0.4, -0.2) is 19.1 Å². The molecule has 0 aliphatic heterocycles. The van der Waals surface area contributed by atoms with Crippen LogP contribution in [-0.2, 0) is 4.74 Å². The van der Waals surface area contributed by atoms with Crippen LogP contribution in [0, 0.1) is 17.7 Å². The highest BCUT2D eigenvalue weighted by Crippen LogP contribution is 2.46. The quantitative estimate of drug-likeness (QED) is 0.829. The van der Waals surface area contributed by atoms with Gasteiger partial charge in [0.2, 0.25) is 0 Å². The van der Waals surface area contributed by atoms with Crippen molar-refractivity contribution in [1.29, 1.82) is 0 Å². The van der Waals surface area contributed by atoms with Crippen LogP contribution in [0.15, 0.2) is 18.2 Å². The molecule has 4 heteroatoms. The van der Waals surface area contributed by atoms with Crippen LogP contribution in [0.5, 0.6) is 0 Å². The van der Waals surface area contributed by atoms with E-state index in [1.165, 1.54) is 44.9 Å². The van der Waals surface area contributed by atoms with Crippen molar-refractivity contribution in [1.82, 2.24) is 0 Å². The van der Waals surface area contributed by atoms with E-state index in [-0.39, 0.29) is 5.82 Å². The van der Waals surface area contributed by atoms with Crippen molar-refractivity contribution in [2.75, 3.05) is 12.4 Å². The minimum atomic E-state index is -0.433. The number of carbonyl (C=O) groups excluding carboxylic acids is 1. The van der Waals surface area contributed by atoms with Crippen molar-refractivity contribution in [2.24, 2.45) is 11.8 Å². The number of carbonyl (C=O) groups is 1. The summed E-state index contributed by atoms with van der Waals surface area (Å²) in [6, 6.07) is 4.70.